The van der Waals surface area contributed by atoms with Gasteiger partial charge in [0.05, 0.1) is 28.2 Å². The first-order chi connectivity index (χ1) is 14.2. The van der Waals surface area contributed by atoms with Gasteiger partial charge in [-0.15, -0.1) is 22.7 Å². The number of thiophene rings is 2. The standard InChI is InChI=1S/C22H18N4OS2/c1-12-10-13(11-27-2)17-18-19(29-22(17)23-12)21-24-14-6-3-4-7-15(14)26(21)20(25-18)16-8-5-9-28-16/h3-10,20,25H,11H2,1-2H3/t20-/m0/s1. The summed E-state index contributed by atoms with van der Waals surface area (Å²) < 4.78 is 7.82. The van der Waals surface area contributed by atoms with Gasteiger partial charge in [-0.25, -0.2) is 9.97 Å². The lowest BCUT2D eigenvalue weighted by atomic mass is 10.1. The van der Waals surface area contributed by atoms with Crippen LogP contribution in [0.2, 0.25) is 0 Å². The Bertz CT molecular complexity index is 1370. The van der Waals surface area contributed by atoms with Crippen molar-refractivity contribution in [2.24, 2.45) is 0 Å². The van der Waals surface area contributed by atoms with Gasteiger partial charge in [0.1, 0.15) is 11.0 Å². The maximum absolute atomic E-state index is 5.50. The van der Waals surface area contributed by atoms with E-state index >= 15 is 0 Å². The Labute approximate surface area is 175 Å². The van der Waals surface area contributed by atoms with Gasteiger partial charge in [0.2, 0.25) is 0 Å². The van der Waals surface area contributed by atoms with E-state index in [1.807, 2.05) is 13.0 Å². The first kappa shape index (κ1) is 17.1. The smallest absolute Gasteiger partial charge is 0.155 e. The number of anilines is 1. The third-order valence-electron chi connectivity index (χ3n) is 5.32. The van der Waals surface area contributed by atoms with E-state index in [2.05, 4.69) is 51.7 Å². The van der Waals surface area contributed by atoms with Crippen molar-refractivity contribution in [2.75, 3.05) is 12.4 Å². The predicted molar refractivity (Wildman–Crippen MR) is 120 cm³/mol. The van der Waals surface area contributed by atoms with Crippen LogP contribution in [-0.2, 0) is 11.3 Å². The van der Waals surface area contributed by atoms with Crippen molar-refractivity contribution in [1.82, 2.24) is 14.5 Å². The molecule has 0 bridgehead atoms. The SMILES string of the molecule is COCc1cc(C)nc2sc3c(c12)N[C@H](c1cccs1)n1c-3nc2ccccc21. The van der Waals surface area contributed by atoms with Crippen molar-refractivity contribution in [3.8, 4) is 10.7 Å². The third kappa shape index (κ3) is 2.48. The molecule has 1 aliphatic rings. The van der Waals surface area contributed by atoms with Crippen LogP contribution in [-0.4, -0.2) is 21.6 Å². The number of methoxy groups -OCH3 is 1. The van der Waals surface area contributed by atoms with Crippen LogP contribution >= 0.6 is 22.7 Å². The summed E-state index contributed by atoms with van der Waals surface area (Å²) in [5.41, 5.74) is 5.43. The van der Waals surface area contributed by atoms with Crippen LogP contribution in [0.5, 0.6) is 0 Å². The molecule has 0 amide bonds. The number of benzene rings is 1. The Morgan fingerprint density at radius 1 is 1.17 bits per heavy atom. The average Bonchev–Trinajstić information content (AvgIpc) is 3.44. The van der Waals surface area contributed by atoms with Crippen molar-refractivity contribution in [3.63, 3.8) is 0 Å². The summed E-state index contributed by atoms with van der Waals surface area (Å²) in [5, 5.41) is 7.10. The number of fused-ring (bicyclic) bond motifs is 7. The van der Waals surface area contributed by atoms with Gasteiger partial charge in [0.25, 0.3) is 0 Å². The maximum atomic E-state index is 5.50. The van der Waals surface area contributed by atoms with E-state index in [1.54, 1.807) is 29.8 Å². The fourth-order valence-corrected chi connectivity index (χ4v) is 6.17. The minimum Gasteiger partial charge on any atom is -0.380 e. The summed E-state index contributed by atoms with van der Waals surface area (Å²) in [4.78, 5) is 13.3. The van der Waals surface area contributed by atoms with Crippen molar-refractivity contribution < 1.29 is 4.74 Å². The molecule has 0 saturated carbocycles. The van der Waals surface area contributed by atoms with Gasteiger partial charge in [-0.2, -0.15) is 0 Å². The van der Waals surface area contributed by atoms with Crippen LogP contribution in [0.4, 0.5) is 5.69 Å². The first-order valence-corrected chi connectivity index (χ1v) is 11.1. The Balaban J connectivity index is 1.70. The minimum atomic E-state index is -0.000557. The molecule has 0 fully saturated rings. The molecule has 144 valence electrons. The summed E-state index contributed by atoms with van der Waals surface area (Å²) in [6, 6.07) is 14.7. The van der Waals surface area contributed by atoms with Gasteiger partial charge in [0, 0.05) is 23.1 Å². The van der Waals surface area contributed by atoms with E-state index in [0.29, 0.717) is 6.61 Å². The zero-order valence-electron chi connectivity index (χ0n) is 16.0. The predicted octanol–water partition coefficient (Wildman–Crippen LogP) is 5.80. The number of nitrogens with zero attached hydrogens (tertiary/aromatic N) is 3. The number of ether oxygens (including phenoxy) is 1. The fraction of sp³-hybridized carbons (Fsp3) is 0.182. The third-order valence-corrected chi connectivity index (χ3v) is 7.33. The van der Waals surface area contributed by atoms with Crippen molar-refractivity contribution in [3.05, 3.63) is 64.0 Å². The minimum absolute atomic E-state index is 0.000557. The largest absolute Gasteiger partial charge is 0.380 e. The van der Waals surface area contributed by atoms with E-state index in [-0.39, 0.29) is 6.17 Å². The molecular weight excluding hydrogens is 400 g/mol. The van der Waals surface area contributed by atoms with Gasteiger partial charge in [-0.05, 0) is 42.1 Å². The number of para-hydroxylation sites is 2. The molecule has 0 radical (unpaired) electrons. The van der Waals surface area contributed by atoms with Crippen molar-refractivity contribution in [1.29, 1.82) is 0 Å². The van der Waals surface area contributed by atoms with Gasteiger partial charge in [-0.3, -0.25) is 4.57 Å². The summed E-state index contributed by atoms with van der Waals surface area (Å²) in [7, 11) is 1.74. The normalized spacial score (nSPS) is 15.4. The second-order valence-electron chi connectivity index (χ2n) is 7.20. The van der Waals surface area contributed by atoms with E-state index in [9.17, 15) is 0 Å². The molecule has 29 heavy (non-hydrogen) atoms. The molecule has 0 saturated heterocycles. The molecule has 6 rings (SSSR count). The highest BCUT2D eigenvalue weighted by Gasteiger charge is 2.32. The lowest BCUT2D eigenvalue weighted by Gasteiger charge is -2.28. The number of hydrogen-bond acceptors (Lipinski definition) is 6. The van der Waals surface area contributed by atoms with Crippen LogP contribution < -0.4 is 5.32 Å². The number of pyridine rings is 1. The van der Waals surface area contributed by atoms with Gasteiger partial charge >= 0.3 is 0 Å². The average molecular weight is 419 g/mol. The number of hydrogen-bond donors (Lipinski definition) is 1. The highest BCUT2D eigenvalue weighted by atomic mass is 32.1. The Kier molecular flexibility index (Phi) is 3.77. The van der Waals surface area contributed by atoms with E-state index < -0.39 is 0 Å². The highest BCUT2D eigenvalue weighted by molar-refractivity contribution is 7.22. The number of rotatable bonds is 3. The molecule has 0 aliphatic carbocycles. The number of aromatic nitrogens is 3. The summed E-state index contributed by atoms with van der Waals surface area (Å²) in [5.74, 6) is 1.00. The van der Waals surface area contributed by atoms with E-state index in [0.717, 1.165) is 48.9 Å². The monoisotopic (exact) mass is 418 g/mol. The second-order valence-corrected chi connectivity index (χ2v) is 9.18. The number of imidazole rings is 1. The fourth-order valence-electron chi connectivity index (χ4n) is 4.19. The molecule has 5 heterocycles. The molecule has 5 aromatic rings. The van der Waals surface area contributed by atoms with E-state index in [4.69, 9.17) is 14.7 Å². The molecule has 1 atom stereocenters. The molecule has 1 N–H and O–H groups in total. The van der Waals surface area contributed by atoms with Crippen LogP contribution in [0, 0.1) is 6.92 Å². The van der Waals surface area contributed by atoms with Gasteiger partial charge in [-0.1, -0.05) is 18.2 Å². The zero-order chi connectivity index (χ0) is 19.5. The Morgan fingerprint density at radius 3 is 2.90 bits per heavy atom. The summed E-state index contributed by atoms with van der Waals surface area (Å²) >= 11 is 3.46. The molecule has 1 aromatic carbocycles. The summed E-state index contributed by atoms with van der Waals surface area (Å²) in [6.45, 7) is 2.60. The van der Waals surface area contributed by atoms with Crippen LogP contribution in [0.15, 0.2) is 47.8 Å². The molecule has 0 unspecified atom stereocenters. The first-order valence-electron chi connectivity index (χ1n) is 9.44. The Hall–Kier alpha value is -2.74. The molecule has 5 nitrogen and oxygen atoms in total. The van der Waals surface area contributed by atoms with E-state index in [1.165, 1.54) is 4.88 Å². The second kappa shape index (κ2) is 6.38. The van der Waals surface area contributed by atoms with Crippen LogP contribution in [0.1, 0.15) is 22.3 Å². The number of aryl methyl sites for hydroxylation is 1. The molecule has 4 aromatic heterocycles. The van der Waals surface area contributed by atoms with Crippen LogP contribution in [0.3, 0.4) is 0 Å². The lowest BCUT2D eigenvalue weighted by Crippen LogP contribution is -2.23. The molecular formula is C22H18N4OS2. The molecule has 0 spiro atoms. The van der Waals surface area contributed by atoms with Gasteiger partial charge < -0.3 is 10.1 Å². The zero-order valence-corrected chi connectivity index (χ0v) is 17.6. The summed E-state index contributed by atoms with van der Waals surface area (Å²) in [6.07, 6.45) is -0.000557. The maximum Gasteiger partial charge on any atom is 0.155 e. The topological polar surface area (TPSA) is 52.0 Å². The van der Waals surface area contributed by atoms with Crippen molar-refractivity contribution >= 4 is 49.6 Å². The molecule has 1 aliphatic heterocycles. The highest BCUT2D eigenvalue weighted by Crippen LogP contribution is 2.49. The van der Waals surface area contributed by atoms with Crippen LogP contribution in [0.25, 0.3) is 32.0 Å². The number of nitrogens with one attached hydrogen (secondary N) is 1. The van der Waals surface area contributed by atoms with Crippen molar-refractivity contribution in [2.45, 2.75) is 19.7 Å². The lowest BCUT2D eigenvalue weighted by molar-refractivity contribution is 0.186. The van der Waals surface area contributed by atoms with Gasteiger partial charge in [0.15, 0.2) is 5.82 Å². The quantitative estimate of drug-likeness (QED) is 0.402. The molecule has 7 heteroatoms. The Morgan fingerprint density at radius 2 is 2.07 bits per heavy atom.